The van der Waals surface area contributed by atoms with Crippen molar-refractivity contribution in [2.45, 2.75) is 20.8 Å². The van der Waals surface area contributed by atoms with E-state index in [2.05, 4.69) is 19.9 Å². The summed E-state index contributed by atoms with van der Waals surface area (Å²) < 4.78 is 0. The van der Waals surface area contributed by atoms with E-state index in [-0.39, 0.29) is 11.9 Å². The van der Waals surface area contributed by atoms with Crippen LogP contribution in [0.3, 0.4) is 0 Å². The van der Waals surface area contributed by atoms with E-state index in [0.29, 0.717) is 0 Å². The maximum absolute atomic E-state index is 10.7. The summed E-state index contributed by atoms with van der Waals surface area (Å²) in [4.78, 5) is 19.4. The number of nitrogens with zero attached hydrogens (tertiary/aromatic N) is 3. The Morgan fingerprint density at radius 1 is 1.64 bits per heavy atom. The van der Waals surface area contributed by atoms with Crippen LogP contribution >= 0.6 is 0 Å². The highest BCUT2D eigenvalue weighted by Crippen LogP contribution is 2.05. The van der Waals surface area contributed by atoms with E-state index < -0.39 is 6.16 Å². The lowest BCUT2D eigenvalue weighted by molar-refractivity contribution is -0.0959. The first-order valence-electron chi connectivity index (χ1n) is 4.08. The smallest absolute Gasteiger partial charge is 0.363 e. The number of nitrogens with two attached hydrogens (primary N) is 1. The van der Waals surface area contributed by atoms with Gasteiger partial charge >= 0.3 is 6.16 Å². The van der Waals surface area contributed by atoms with E-state index in [1.54, 1.807) is 6.92 Å². The van der Waals surface area contributed by atoms with Gasteiger partial charge in [0.1, 0.15) is 0 Å². The molecule has 0 aromatic heterocycles. The summed E-state index contributed by atoms with van der Waals surface area (Å²) in [6, 6.07) is 0. The second-order valence-electron chi connectivity index (χ2n) is 3.05. The van der Waals surface area contributed by atoms with Crippen LogP contribution in [0.25, 0.3) is 0 Å². The fourth-order valence-corrected chi connectivity index (χ4v) is 0.583. The summed E-state index contributed by atoms with van der Waals surface area (Å²) in [6.45, 7) is 5.70. The molecule has 1 heterocycles. The van der Waals surface area contributed by atoms with Crippen molar-refractivity contribution < 1.29 is 14.5 Å². The Balaban J connectivity index is 2.78. The Hall–Kier alpha value is -1.79. The Bertz CT molecular complexity index is 297. The Kier molecular flexibility index (Phi) is 2.90. The first-order valence-corrected chi connectivity index (χ1v) is 4.08. The molecular formula is C7H12N4O3. The highest BCUT2D eigenvalue weighted by atomic mass is 16.9. The molecule has 0 bridgehead atoms. The van der Waals surface area contributed by atoms with Crippen LogP contribution in [0.4, 0.5) is 4.79 Å². The van der Waals surface area contributed by atoms with Gasteiger partial charge in [0.15, 0.2) is 0 Å². The average molecular weight is 200 g/mol. The number of hydrogen-bond acceptors (Lipinski definition) is 7. The molecule has 0 unspecified atom stereocenters. The maximum atomic E-state index is 10.7. The fraction of sp³-hybridized carbons (Fsp3) is 0.571. The van der Waals surface area contributed by atoms with E-state index in [0.717, 1.165) is 10.9 Å². The molecule has 14 heavy (non-hydrogen) atoms. The molecule has 0 atom stereocenters. The fourth-order valence-electron chi connectivity index (χ4n) is 0.583. The summed E-state index contributed by atoms with van der Waals surface area (Å²) in [6.07, 6.45) is -0.959. The van der Waals surface area contributed by atoms with Crippen LogP contribution in [-0.4, -0.2) is 23.0 Å². The van der Waals surface area contributed by atoms with Gasteiger partial charge in [-0.05, 0) is 23.2 Å². The van der Waals surface area contributed by atoms with Crippen molar-refractivity contribution in [3.8, 4) is 0 Å². The molecule has 2 N–H and O–H groups in total. The molecule has 0 saturated heterocycles. The van der Waals surface area contributed by atoms with Gasteiger partial charge in [-0.15, -0.1) is 5.10 Å². The zero-order valence-electron chi connectivity index (χ0n) is 8.22. The molecule has 1 rings (SSSR count). The van der Waals surface area contributed by atoms with Gasteiger partial charge in [-0.3, -0.25) is 9.68 Å². The molecule has 1 aliphatic heterocycles. The van der Waals surface area contributed by atoms with Gasteiger partial charge in [0.05, 0.1) is 0 Å². The zero-order valence-corrected chi connectivity index (χ0v) is 8.22. The first-order chi connectivity index (χ1) is 6.50. The highest BCUT2D eigenvalue weighted by molar-refractivity contribution is 5.86. The molecule has 7 heteroatoms. The average Bonchev–Trinajstić information content (AvgIpc) is 2.11. The van der Waals surface area contributed by atoms with E-state index in [9.17, 15) is 4.79 Å². The summed E-state index contributed by atoms with van der Waals surface area (Å²) in [7, 11) is 0. The Morgan fingerprint density at radius 3 is 2.86 bits per heavy atom. The van der Waals surface area contributed by atoms with Crippen molar-refractivity contribution in [2.24, 2.45) is 21.9 Å². The van der Waals surface area contributed by atoms with Gasteiger partial charge in [-0.1, -0.05) is 13.8 Å². The zero-order chi connectivity index (χ0) is 10.7. The summed E-state index contributed by atoms with van der Waals surface area (Å²) in [5.74, 6) is 0.106. The molecule has 7 nitrogen and oxygen atoms in total. The second kappa shape index (κ2) is 3.95. The molecule has 1 aliphatic rings. The SMILES string of the molecule is C/C(=N\N1OC(=O)ON=C1N)C(C)C. The third-order valence-electron chi connectivity index (χ3n) is 1.65. The lowest BCUT2D eigenvalue weighted by Crippen LogP contribution is -2.39. The molecule has 0 spiro atoms. The van der Waals surface area contributed by atoms with Gasteiger partial charge in [-0.2, -0.15) is 4.79 Å². The summed E-state index contributed by atoms with van der Waals surface area (Å²) >= 11 is 0. The number of carbonyl (C=O) groups excluding carboxylic acids is 1. The van der Waals surface area contributed by atoms with Crippen LogP contribution in [0.15, 0.2) is 10.3 Å². The predicted molar refractivity (Wildman–Crippen MR) is 49.0 cm³/mol. The van der Waals surface area contributed by atoms with Gasteiger partial charge in [-0.25, -0.2) is 0 Å². The van der Waals surface area contributed by atoms with Crippen LogP contribution in [0.2, 0.25) is 0 Å². The van der Waals surface area contributed by atoms with Crippen molar-refractivity contribution in [1.82, 2.24) is 5.17 Å². The topological polar surface area (TPSA) is 89.5 Å². The third-order valence-corrected chi connectivity index (χ3v) is 1.65. The molecule has 0 aromatic rings. The van der Waals surface area contributed by atoms with E-state index in [1.165, 1.54) is 0 Å². The van der Waals surface area contributed by atoms with Crippen LogP contribution in [0.5, 0.6) is 0 Å². The molecule has 0 fully saturated rings. The number of rotatable bonds is 2. The number of guanidine groups is 1. The maximum Gasteiger partial charge on any atom is 0.562 e. The number of hydrazone groups is 1. The lowest BCUT2D eigenvalue weighted by atomic mass is 10.1. The molecule has 0 saturated carbocycles. The van der Waals surface area contributed by atoms with Crippen molar-refractivity contribution in [2.75, 3.05) is 0 Å². The quantitative estimate of drug-likeness (QED) is 0.521. The second-order valence-corrected chi connectivity index (χ2v) is 3.05. The van der Waals surface area contributed by atoms with Gasteiger partial charge in [0.2, 0.25) is 0 Å². The van der Waals surface area contributed by atoms with Crippen molar-refractivity contribution in [1.29, 1.82) is 0 Å². The summed E-state index contributed by atoms with van der Waals surface area (Å²) in [5.41, 5.74) is 6.12. The van der Waals surface area contributed by atoms with Crippen LogP contribution in [-0.2, 0) is 9.68 Å². The van der Waals surface area contributed by atoms with Crippen LogP contribution < -0.4 is 5.73 Å². The highest BCUT2D eigenvalue weighted by Gasteiger charge is 2.22. The molecule has 0 aromatic carbocycles. The minimum atomic E-state index is -0.959. The standard InChI is InChI=1S/C7H12N4O3/c1-4(2)5(3)9-11-6(8)10-13-7(12)14-11/h4H,1-3H3,(H2,8,10)/b9-5+. The number of hydroxylamine groups is 1. The van der Waals surface area contributed by atoms with Crippen molar-refractivity contribution >= 4 is 17.8 Å². The Morgan fingerprint density at radius 2 is 2.29 bits per heavy atom. The number of carbonyl (C=O) groups is 1. The third kappa shape index (κ3) is 2.35. The van der Waals surface area contributed by atoms with Crippen LogP contribution in [0.1, 0.15) is 20.8 Å². The molecule has 0 amide bonds. The lowest BCUT2D eigenvalue weighted by Gasteiger charge is -2.19. The largest absolute Gasteiger partial charge is 0.562 e. The number of oxime groups is 1. The van der Waals surface area contributed by atoms with E-state index >= 15 is 0 Å². The molecule has 78 valence electrons. The van der Waals surface area contributed by atoms with Gasteiger partial charge in [0, 0.05) is 5.71 Å². The van der Waals surface area contributed by atoms with Gasteiger partial charge < -0.3 is 5.73 Å². The van der Waals surface area contributed by atoms with Crippen LogP contribution in [0, 0.1) is 5.92 Å². The van der Waals surface area contributed by atoms with Gasteiger partial charge in [0.25, 0.3) is 5.96 Å². The predicted octanol–water partition coefficient (Wildman–Crippen LogP) is 0.632. The van der Waals surface area contributed by atoms with E-state index in [4.69, 9.17) is 5.73 Å². The molecule has 0 aliphatic carbocycles. The monoisotopic (exact) mass is 200 g/mol. The molecular weight excluding hydrogens is 188 g/mol. The Labute approximate surface area is 81.1 Å². The van der Waals surface area contributed by atoms with Crippen molar-refractivity contribution in [3.05, 3.63) is 0 Å². The normalized spacial score (nSPS) is 17.7. The summed E-state index contributed by atoms with van der Waals surface area (Å²) in [5, 5.41) is 8.02. The van der Waals surface area contributed by atoms with Crippen molar-refractivity contribution in [3.63, 3.8) is 0 Å². The van der Waals surface area contributed by atoms with E-state index in [1.807, 2.05) is 13.8 Å². The minimum Gasteiger partial charge on any atom is -0.363 e. The molecule has 0 radical (unpaired) electrons. The minimum absolute atomic E-state index is 0.121. The first kappa shape index (κ1) is 10.3. The number of hydrogen-bond donors (Lipinski definition) is 1.